The molecule has 0 spiro atoms. The van der Waals surface area contributed by atoms with Gasteiger partial charge in [-0.15, -0.1) is 4.36 Å². The number of hydrogen-bond acceptors (Lipinski definition) is 6. The molecule has 0 heterocycles. The molecule has 2 aromatic carbocycles. The predicted molar refractivity (Wildman–Crippen MR) is 90.7 cm³/mol. The molecule has 130 valence electrons. The third-order valence-electron chi connectivity index (χ3n) is 3.96. The molecule has 26 heavy (non-hydrogen) atoms. The molecule has 6 nitrogen and oxygen atoms in total. The van der Waals surface area contributed by atoms with Crippen molar-refractivity contribution < 1.29 is 18.1 Å². The summed E-state index contributed by atoms with van der Waals surface area (Å²) in [4.78, 5) is 12.5. The zero-order valence-corrected chi connectivity index (χ0v) is 14.5. The number of nitriles is 2. The van der Waals surface area contributed by atoms with Crippen molar-refractivity contribution in [1.29, 1.82) is 10.5 Å². The Morgan fingerprint density at radius 1 is 1.23 bits per heavy atom. The first-order valence-corrected chi connectivity index (χ1v) is 9.46. The number of ketones is 1. The number of rotatable bonds is 3. The van der Waals surface area contributed by atoms with Crippen LogP contribution in [0.1, 0.15) is 27.9 Å². The van der Waals surface area contributed by atoms with Crippen LogP contribution in [0, 0.1) is 28.6 Å². The average Bonchev–Trinajstić information content (AvgIpc) is 2.97. The summed E-state index contributed by atoms with van der Waals surface area (Å²) >= 11 is 0. The van der Waals surface area contributed by atoms with Crippen molar-refractivity contribution in [1.82, 2.24) is 0 Å². The highest BCUT2D eigenvalue weighted by Gasteiger charge is 2.29. The average molecular weight is 369 g/mol. The second kappa shape index (κ2) is 6.58. The predicted octanol–water partition coefficient (Wildman–Crippen LogP) is 3.56. The van der Waals surface area contributed by atoms with E-state index in [0.29, 0.717) is 17.7 Å². The molecule has 1 unspecified atom stereocenters. The molecule has 0 bridgehead atoms. The Labute approximate surface area is 149 Å². The van der Waals surface area contributed by atoms with Crippen molar-refractivity contribution in [2.75, 3.05) is 6.26 Å². The largest absolute Gasteiger partial charge is 0.457 e. The highest BCUT2D eigenvalue weighted by Crippen LogP contribution is 2.38. The van der Waals surface area contributed by atoms with Gasteiger partial charge in [0.1, 0.15) is 17.3 Å². The summed E-state index contributed by atoms with van der Waals surface area (Å²) in [5.74, 6) is -0.390. The molecule has 0 saturated carbocycles. The van der Waals surface area contributed by atoms with Crippen LogP contribution in [0.4, 0.5) is 4.39 Å². The van der Waals surface area contributed by atoms with E-state index in [1.165, 1.54) is 30.6 Å². The zero-order valence-electron chi connectivity index (χ0n) is 13.7. The highest BCUT2D eigenvalue weighted by molar-refractivity contribution is 7.93. The van der Waals surface area contributed by atoms with Crippen LogP contribution in [0.3, 0.4) is 0 Å². The van der Waals surface area contributed by atoms with Gasteiger partial charge in [0.15, 0.2) is 5.78 Å². The Balaban J connectivity index is 2.13. The van der Waals surface area contributed by atoms with Gasteiger partial charge in [-0.1, -0.05) is 0 Å². The quantitative estimate of drug-likeness (QED) is 0.770. The summed E-state index contributed by atoms with van der Waals surface area (Å²) < 4.78 is 35.3. The van der Waals surface area contributed by atoms with Gasteiger partial charge in [-0.3, -0.25) is 4.79 Å². The minimum atomic E-state index is -3.04. The highest BCUT2D eigenvalue weighted by atomic mass is 32.2. The summed E-state index contributed by atoms with van der Waals surface area (Å²) in [6.45, 7) is 0. The molecule has 0 fully saturated rings. The van der Waals surface area contributed by atoms with Gasteiger partial charge in [0, 0.05) is 29.9 Å². The monoisotopic (exact) mass is 369 g/mol. The molecule has 0 amide bonds. The van der Waals surface area contributed by atoms with Crippen molar-refractivity contribution in [2.45, 2.75) is 17.7 Å². The fraction of sp³-hybridized carbons (Fsp3) is 0.167. The van der Waals surface area contributed by atoms with Gasteiger partial charge in [0.2, 0.25) is 6.19 Å². The van der Waals surface area contributed by atoms with Crippen molar-refractivity contribution in [3.05, 3.63) is 52.8 Å². The number of benzene rings is 2. The van der Waals surface area contributed by atoms with E-state index in [9.17, 15) is 13.4 Å². The van der Waals surface area contributed by atoms with Gasteiger partial charge in [0.05, 0.1) is 26.3 Å². The topological polar surface area (TPSA) is 103 Å². The number of ether oxygens (including phenoxy) is 1. The van der Waals surface area contributed by atoms with E-state index in [4.69, 9.17) is 15.3 Å². The van der Waals surface area contributed by atoms with Gasteiger partial charge in [-0.05, 0) is 30.7 Å². The van der Waals surface area contributed by atoms with E-state index in [1.807, 2.05) is 6.07 Å². The second-order valence-electron chi connectivity index (χ2n) is 5.72. The first kappa shape index (κ1) is 17.6. The van der Waals surface area contributed by atoms with Crippen LogP contribution in [0.5, 0.6) is 11.5 Å². The fourth-order valence-electron chi connectivity index (χ4n) is 2.88. The molecule has 1 atom stereocenters. The van der Waals surface area contributed by atoms with Crippen LogP contribution in [0.15, 0.2) is 39.6 Å². The molecular formula is C18H12FN3O3S. The molecule has 0 radical (unpaired) electrons. The number of Topliss-reactive ketones (excluding diaryl/α,β-unsaturated/α-hetero) is 1. The lowest BCUT2D eigenvalue weighted by molar-refractivity contribution is 0.0992. The van der Waals surface area contributed by atoms with E-state index >= 15 is 0 Å². The number of halogens is 1. The Hall–Kier alpha value is -3.23. The normalized spacial score (nSPS) is 14.7. The third kappa shape index (κ3) is 3.15. The molecule has 0 N–H and O–H groups in total. The van der Waals surface area contributed by atoms with Crippen molar-refractivity contribution in [2.24, 2.45) is 4.36 Å². The Bertz CT molecular complexity index is 1140. The van der Waals surface area contributed by atoms with Crippen molar-refractivity contribution >= 4 is 15.5 Å². The number of carbonyl (C=O) groups excluding carboxylic acids is 1. The van der Waals surface area contributed by atoms with E-state index < -0.39 is 15.5 Å². The second-order valence-corrected chi connectivity index (χ2v) is 7.95. The summed E-state index contributed by atoms with van der Waals surface area (Å²) in [6.07, 6.45) is 3.41. The first-order chi connectivity index (χ1) is 12.4. The molecule has 2 aromatic rings. The molecule has 0 aromatic heterocycles. The van der Waals surface area contributed by atoms with Gasteiger partial charge < -0.3 is 4.74 Å². The minimum absolute atomic E-state index is 0.105. The van der Waals surface area contributed by atoms with E-state index in [1.54, 1.807) is 0 Å². The molecule has 8 heteroatoms. The standard InChI is InChI=1S/C18H12FN3O3S/c1-26(24,22-10-21)17-5-4-16(14-2-3-15(23)18(14)17)25-13-7-11(9-20)6-12(19)8-13/h4-8H,2-3H2,1H3. The van der Waals surface area contributed by atoms with Gasteiger partial charge in [-0.25, -0.2) is 8.60 Å². The number of fused-ring (bicyclic) bond motifs is 1. The lowest BCUT2D eigenvalue weighted by Crippen LogP contribution is -2.06. The molecule has 0 aliphatic heterocycles. The Morgan fingerprint density at radius 2 is 2.00 bits per heavy atom. The maximum atomic E-state index is 13.6. The third-order valence-corrected chi connectivity index (χ3v) is 5.55. The number of nitrogens with zero attached hydrogens (tertiary/aromatic N) is 3. The summed E-state index contributed by atoms with van der Waals surface area (Å²) in [5, 5.41) is 17.7. The van der Waals surface area contributed by atoms with E-state index in [2.05, 4.69) is 4.36 Å². The molecule has 3 rings (SSSR count). The van der Waals surface area contributed by atoms with Crippen LogP contribution < -0.4 is 4.74 Å². The minimum Gasteiger partial charge on any atom is -0.457 e. The van der Waals surface area contributed by atoms with Crippen molar-refractivity contribution in [3.63, 3.8) is 0 Å². The number of hydrogen-bond donors (Lipinski definition) is 0. The van der Waals surface area contributed by atoms with Crippen molar-refractivity contribution in [3.8, 4) is 23.8 Å². The SMILES string of the molecule is CS(=O)(=NC#N)c1ccc(Oc2cc(F)cc(C#N)c2)c2c1C(=O)CC2. The van der Waals surface area contributed by atoms with E-state index in [0.717, 1.165) is 12.1 Å². The summed E-state index contributed by atoms with van der Waals surface area (Å²) in [6, 6.07) is 8.39. The molecule has 1 aliphatic carbocycles. The van der Waals surface area contributed by atoms with Gasteiger partial charge in [0.25, 0.3) is 0 Å². The van der Waals surface area contributed by atoms with Crippen LogP contribution in [-0.4, -0.2) is 16.2 Å². The summed E-state index contributed by atoms with van der Waals surface area (Å²) in [5.41, 5.74) is 0.887. The smallest absolute Gasteiger partial charge is 0.214 e. The van der Waals surface area contributed by atoms with Crippen LogP contribution in [-0.2, 0) is 16.1 Å². The zero-order chi connectivity index (χ0) is 18.9. The summed E-state index contributed by atoms with van der Waals surface area (Å²) in [7, 11) is -3.04. The van der Waals surface area contributed by atoms with Gasteiger partial charge in [-0.2, -0.15) is 10.5 Å². The van der Waals surface area contributed by atoms with E-state index in [-0.39, 0.29) is 34.0 Å². The maximum absolute atomic E-state index is 13.6. The van der Waals surface area contributed by atoms with Crippen LogP contribution in [0.25, 0.3) is 0 Å². The van der Waals surface area contributed by atoms with Crippen LogP contribution in [0.2, 0.25) is 0 Å². The Morgan fingerprint density at radius 3 is 2.69 bits per heavy atom. The molecular weight excluding hydrogens is 357 g/mol. The fourth-order valence-corrected chi connectivity index (χ4v) is 4.07. The lowest BCUT2D eigenvalue weighted by Gasteiger charge is -2.14. The lowest BCUT2D eigenvalue weighted by atomic mass is 10.1. The molecule has 0 saturated heterocycles. The maximum Gasteiger partial charge on any atom is 0.214 e. The van der Waals surface area contributed by atoms with Gasteiger partial charge >= 0.3 is 0 Å². The Kier molecular flexibility index (Phi) is 4.45. The molecule has 1 aliphatic rings. The number of carbonyl (C=O) groups is 1. The first-order valence-electron chi connectivity index (χ1n) is 7.53. The van der Waals surface area contributed by atoms with Crippen LogP contribution >= 0.6 is 0 Å².